The number of hydrogen-bond donors (Lipinski definition) is 0. The molecule has 1 aliphatic heterocycles. The van der Waals surface area contributed by atoms with Gasteiger partial charge in [-0.25, -0.2) is 0 Å². The van der Waals surface area contributed by atoms with Crippen molar-refractivity contribution < 1.29 is 14.3 Å². The molecule has 1 aromatic heterocycles. The summed E-state index contributed by atoms with van der Waals surface area (Å²) in [4.78, 5) is 16.2. The Labute approximate surface area is 125 Å². The smallest absolute Gasteiger partial charge is 0.267 e. The molecule has 0 bridgehead atoms. The van der Waals surface area contributed by atoms with Crippen LogP contribution in [0.5, 0.6) is 5.75 Å². The number of thiophene rings is 1. The van der Waals surface area contributed by atoms with E-state index in [-0.39, 0.29) is 5.91 Å². The lowest BCUT2D eigenvalue weighted by Gasteiger charge is -2.16. The van der Waals surface area contributed by atoms with Crippen molar-refractivity contribution in [1.82, 2.24) is 4.90 Å². The number of ether oxygens (including phenoxy) is 2. The Balaban J connectivity index is 2.15. The summed E-state index contributed by atoms with van der Waals surface area (Å²) in [6.07, 6.45) is 1.01. The van der Waals surface area contributed by atoms with E-state index < -0.39 is 0 Å². The SMILES string of the molecule is COC[C@H]1CCN(C(=O)c2sc(C)c(Br)c2OC)C1. The number of rotatable bonds is 4. The Hall–Kier alpha value is -0.590. The van der Waals surface area contributed by atoms with E-state index in [0.717, 1.165) is 28.9 Å². The number of amides is 1. The molecule has 1 aromatic rings. The van der Waals surface area contributed by atoms with Gasteiger partial charge in [0.05, 0.1) is 18.2 Å². The van der Waals surface area contributed by atoms with Gasteiger partial charge < -0.3 is 14.4 Å². The van der Waals surface area contributed by atoms with E-state index in [9.17, 15) is 4.79 Å². The van der Waals surface area contributed by atoms with Crippen LogP contribution < -0.4 is 4.74 Å². The molecule has 1 aliphatic rings. The molecule has 1 amide bonds. The van der Waals surface area contributed by atoms with Gasteiger partial charge in [-0.2, -0.15) is 0 Å². The van der Waals surface area contributed by atoms with E-state index >= 15 is 0 Å². The first-order valence-corrected chi connectivity index (χ1v) is 7.80. The van der Waals surface area contributed by atoms with E-state index in [2.05, 4.69) is 15.9 Å². The van der Waals surface area contributed by atoms with Crippen molar-refractivity contribution in [3.8, 4) is 5.75 Å². The summed E-state index contributed by atoms with van der Waals surface area (Å²) in [5.41, 5.74) is 0. The third-order valence-corrected chi connectivity index (χ3v) is 5.64. The Morgan fingerprint density at radius 3 is 2.89 bits per heavy atom. The average Bonchev–Trinajstić information content (AvgIpc) is 2.96. The van der Waals surface area contributed by atoms with Crippen molar-refractivity contribution in [1.29, 1.82) is 0 Å². The van der Waals surface area contributed by atoms with Crippen molar-refractivity contribution in [3.05, 3.63) is 14.2 Å². The zero-order valence-electron chi connectivity index (χ0n) is 11.4. The highest BCUT2D eigenvalue weighted by Gasteiger charge is 2.30. The maximum atomic E-state index is 12.5. The quantitative estimate of drug-likeness (QED) is 0.840. The highest BCUT2D eigenvalue weighted by Crippen LogP contribution is 2.40. The monoisotopic (exact) mass is 347 g/mol. The predicted octanol–water partition coefficient (Wildman–Crippen LogP) is 2.94. The van der Waals surface area contributed by atoms with Crippen molar-refractivity contribution >= 4 is 33.2 Å². The average molecular weight is 348 g/mol. The molecule has 1 atom stereocenters. The molecular weight excluding hydrogens is 330 g/mol. The maximum Gasteiger partial charge on any atom is 0.267 e. The lowest BCUT2D eigenvalue weighted by atomic mass is 10.1. The summed E-state index contributed by atoms with van der Waals surface area (Å²) in [6, 6.07) is 0. The van der Waals surface area contributed by atoms with Crippen LogP contribution in [0.3, 0.4) is 0 Å². The summed E-state index contributed by atoms with van der Waals surface area (Å²) in [5.74, 6) is 1.17. The maximum absolute atomic E-state index is 12.5. The van der Waals surface area contributed by atoms with Crippen molar-refractivity contribution in [2.75, 3.05) is 33.9 Å². The molecule has 0 radical (unpaired) electrons. The normalized spacial score (nSPS) is 18.9. The van der Waals surface area contributed by atoms with Gasteiger partial charge in [0.15, 0.2) is 5.75 Å². The fourth-order valence-electron chi connectivity index (χ4n) is 2.36. The second kappa shape index (κ2) is 6.24. The Kier molecular flexibility index (Phi) is 4.86. The van der Waals surface area contributed by atoms with Gasteiger partial charge in [-0.05, 0) is 29.3 Å². The second-order valence-corrected chi connectivity index (χ2v) is 6.71. The first-order chi connectivity index (χ1) is 9.08. The van der Waals surface area contributed by atoms with Crippen molar-refractivity contribution in [2.45, 2.75) is 13.3 Å². The highest BCUT2D eigenvalue weighted by molar-refractivity contribution is 9.10. The highest BCUT2D eigenvalue weighted by atomic mass is 79.9. The molecule has 0 aromatic carbocycles. The molecule has 1 fully saturated rings. The first kappa shape index (κ1) is 14.8. The minimum Gasteiger partial charge on any atom is -0.494 e. The molecule has 106 valence electrons. The van der Waals surface area contributed by atoms with Crippen LogP contribution >= 0.6 is 27.3 Å². The summed E-state index contributed by atoms with van der Waals surface area (Å²) in [7, 11) is 3.30. The van der Waals surface area contributed by atoms with Gasteiger partial charge in [0, 0.05) is 31.0 Å². The number of nitrogens with zero attached hydrogens (tertiary/aromatic N) is 1. The van der Waals surface area contributed by atoms with Crippen LogP contribution in [-0.4, -0.2) is 44.7 Å². The van der Waals surface area contributed by atoms with Gasteiger partial charge in [-0.15, -0.1) is 11.3 Å². The van der Waals surface area contributed by atoms with Crippen LogP contribution in [0, 0.1) is 12.8 Å². The molecule has 4 nitrogen and oxygen atoms in total. The predicted molar refractivity (Wildman–Crippen MR) is 79.2 cm³/mol. The molecule has 0 N–H and O–H groups in total. The van der Waals surface area contributed by atoms with E-state index in [4.69, 9.17) is 9.47 Å². The zero-order chi connectivity index (χ0) is 14.0. The van der Waals surface area contributed by atoms with Gasteiger partial charge in [0.1, 0.15) is 4.88 Å². The molecule has 0 unspecified atom stereocenters. The molecular formula is C13H18BrNO3S. The van der Waals surface area contributed by atoms with E-state index in [1.54, 1.807) is 14.2 Å². The third kappa shape index (κ3) is 2.95. The van der Waals surface area contributed by atoms with Crippen LogP contribution in [0.2, 0.25) is 0 Å². The topological polar surface area (TPSA) is 38.8 Å². The van der Waals surface area contributed by atoms with E-state index in [0.29, 0.717) is 23.2 Å². The van der Waals surface area contributed by atoms with Gasteiger partial charge in [-0.1, -0.05) is 0 Å². The minimum absolute atomic E-state index is 0.0641. The molecule has 2 heterocycles. The molecule has 0 spiro atoms. The first-order valence-electron chi connectivity index (χ1n) is 6.19. The fraction of sp³-hybridized carbons (Fsp3) is 0.615. The molecule has 2 rings (SSSR count). The van der Waals surface area contributed by atoms with Crippen LogP contribution in [-0.2, 0) is 4.74 Å². The fourth-order valence-corrected chi connectivity index (χ4v) is 4.08. The summed E-state index contributed by atoms with van der Waals surface area (Å²) in [5, 5.41) is 0. The van der Waals surface area contributed by atoms with Gasteiger partial charge in [0.25, 0.3) is 5.91 Å². The second-order valence-electron chi connectivity index (χ2n) is 4.70. The lowest BCUT2D eigenvalue weighted by molar-refractivity contribution is 0.0777. The number of likely N-dealkylation sites (tertiary alicyclic amines) is 1. The van der Waals surface area contributed by atoms with Crippen molar-refractivity contribution in [3.63, 3.8) is 0 Å². The molecule has 0 aliphatic carbocycles. The van der Waals surface area contributed by atoms with E-state index in [1.807, 2.05) is 11.8 Å². The van der Waals surface area contributed by atoms with Gasteiger partial charge >= 0.3 is 0 Å². The number of hydrogen-bond acceptors (Lipinski definition) is 4. The number of carbonyl (C=O) groups is 1. The minimum atomic E-state index is 0.0641. The zero-order valence-corrected chi connectivity index (χ0v) is 13.8. The van der Waals surface area contributed by atoms with Crippen LogP contribution in [0.25, 0.3) is 0 Å². The molecule has 6 heteroatoms. The lowest BCUT2D eigenvalue weighted by Crippen LogP contribution is -2.28. The largest absolute Gasteiger partial charge is 0.494 e. The third-order valence-electron chi connectivity index (χ3n) is 3.34. The van der Waals surface area contributed by atoms with E-state index in [1.165, 1.54) is 11.3 Å². The summed E-state index contributed by atoms with van der Waals surface area (Å²) in [6.45, 7) is 4.26. The van der Waals surface area contributed by atoms with Crippen molar-refractivity contribution in [2.24, 2.45) is 5.92 Å². The Bertz CT molecular complexity index is 475. The Morgan fingerprint density at radius 2 is 2.26 bits per heavy atom. The molecule has 19 heavy (non-hydrogen) atoms. The summed E-state index contributed by atoms with van der Waals surface area (Å²) < 4.78 is 11.4. The standard InChI is InChI=1S/C13H18BrNO3S/c1-8-10(14)11(18-3)12(19-8)13(16)15-5-4-9(6-15)7-17-2/h9H,4-7H2,1-3H3/t9-/m0/s1. The van der Waals surface area contributed by atoms with Gasteiger partial charge in [-0.3, -0.25) is 4.79 Å². The Morgan fingerprint density at radius 1 is 1.53 bits per heavy atom. The molecule has 0 saturated carbocycles. The molecule has 1 saturated heterocycles. The number of aryl methyl sites for hydroxylation is 1. The van der Waals surface area contributed by atoms with Crippen LogP contribution in [0.4, 0.5) is 0 Å². The van der Waals surface area contributed by atoms with Crippen LogP contribution in [0.1, 0.15) is 21.0 Å². The summed E-state index contributed by atoms with van der Waals surface area (Å²) >= 11 is 4.95. The van der Waals surface area contributed by atoms with Gasteiger partial charge in [0.2, 0.25) is 0 Å². The number of carbonyl (C=O) groups excluding carboxylic acids is 1. The van der Waals surface area contributed by atoms with Crippen LogP contribution in [0.15, 0.2) is 4.47 Å². The number of halogens is 1. The number of methoxy groups -OCH3 is 2.